The summed E-state index contributed by atoms with van der Waals surface area (Å²) in [7, 11) is 0. The fourth-order valence-electron chi connectivity index (χ4n) is 18.7. The van der Waals surface area contributed by atoms with Gasteiger partial charge in [-0.05, 0) is 208 Å². The van der Waals surface area contributed by atoms with E-state index in [0.29, 0.717) is 11.8 Å². The number of hydrogen-bond donors (Lipinski definition) is 0. The molecule has 11 heteroatoms. The molecule has 11 nitrogen and oxygen atoms in total. The van der Waals surface area contributed by atoms with E-state index >= 15 is 0 Å². The molecule has 0 atom stereocenters. The summed E-state index contributed by atoms with van der Waals surface area (Å²) in [5, 5.41) is 10.5. The molecule has 0 aliphatic heterocycles. The zero-order valence-electron chi connectivity index (χ0n) is 73.0. The van der Waals surface area contributed by atoms with Gasteiger partial charge in [-0.2, -0.15) is 0 Å². The highest BCUT2D eigenvalue weighted by Gasteiger charge is 2.24. The highest BCUT2D eigenvalue weighted by molar-refractivity contribution is 6.13. The summed E-state index contributed by atoms with van der Waals surface area (Å²) >= 11 is 0. The SMILES string of the molecule is c1ccc(-c2cnc(-n3c4ccccc4c4ccc(-c5ccc(N(c6ccccc6)c6ccccc6)cc5)cc43)nc2)cc1.c1ccc(-c2nc(-n3c4ccccc4c4ccc(-c5ccc(N(c6ccccc6)c6ccccc6)cc5)cc43)c3ccccc3n2)cc1.c1ccc(N(c2ccccc2)c2ccc(-c3ccc4c5ccccc5n(-c5cc6ccccc6cn5)c4c3)cc2)cc1. The van der Waals surface area contributed by atoms with E-state index in [0.717, 1.165) is 151 Å². The molecule has 0 aliphatic carbocycles. The van der Waals surface area contributed by atoms with E-state index in [1.54, 1.807) is 0 Å². The van der Waals surface area contributed by atoms with Crippen molar-refractivity contribution in [1.82, 2.24) is 38.6 Å². The van der Waals surface area contributed by atoms with Crippen LogP contribution in [0.4, 0.5) is 51.2 Å². The minimum atomic E-state index is 0.657. The standard InChI is InChI=1S/C44H30N4.C40H28N4.C39H27N3/c1-4-14-32(15-5-1)43-45-40-22-12-10-21-39(40)44(46-43)48-41-23-13-11-20-37(41)38-29-26-33(30-42(38)48)31-24-27-36(28-25-31)47(34-16-6-2-7-17-34)35-18-8-3-9-19-35;1-4-12-29(13-5-1)32-27-41-40(42-28-32)44-38-19-11-10-18-36(38)37-25-22-31(26-39(37)44)30-20-23-35(24-21-30)43(33-14-6-2-7-15-33)34-16-8-3-9-17-34;1-3-13-32(14-4-1)41(33-15-5-2-6-16-33)34-22-19-28(20-23-34)30-21-24-36-35-17-9-10-18-37(35)42(38(36)25-30)39-26-29-11-7-8-12-31(29)27-40-39/h1-30H;1-28H;1-27H. The number of pyridine rings is 1. The van der Waals surface area contributed by atoms with Crippen LogP contribution in [0.3, 0.4) is 0 Å². The van der Waals surface area contributed by atoms with Gasteiger partial charge in [-0.25, -0.2) is 24.9 Å². The number of fused-ring (bicyclic) bond motifs is 11. The predicted octanol–water partition coefficient (Wildman–Crippen LogP) is 32.4. The predicted molar refractivity (Wildman–Crippen MR) is 558 cm³/mol. The van der Waals surface area contributed by atoms with Crippen molar-refractivity contribution in [3.8, 4) is 73.5 Å². The molecule has 19 aromatic carbocycles. The van der Waals surface area contributed by atoms with E-state index in [-0.39, 0.29) is 0 Å². The maximum atomic E-state index is 5.25. The smallest absolute Gasteiger partial charge is 0.234 e. The quantitative estimate of drug-likeness (QED) is 0.0891. The van der Waals surface area contributed by atoms with Crippen LogP contribution < -0.4 is 14.7 Å². The number of benzene rings is 19. The molecule has 0 spiro atoms. The summed E-state index contributed by atoms with van der Waals surface area (Å²) in [6, 6.07) is 175. The molecule has 134 heavy (non-hydrogen) atoms. The second kappa shape index (κ2) is 35.8. The first-order valence-electron chi connectivity index (χ1n) is 45.2. The molecule has 632 valence electrons. The lowest BCUT2D eigenvalue weighted by atomic mass is 10.0. The molecule has 6 heterocycles. The second-order valence-electron chi connectivity index (χ2n) is 33.2. The third kappa shape index (κ3) is 15.6. The van der Waals surface area contributed by atoms with Crippen LogP contribution in [0.15, 0.2) is 516 Å². The van der Waals surface area contributed by atoms with Gasteiger partial charge in [0.2, 0.25) is 5.95 Å². The van der Waals surface area contributed by atoms with Crippen LogP contribution in [-0.2, 0) is 0 Å². The number of rotatable bonds is 17. The lowest BCUT2D eigenvalue weighted by Gasteiger charge is -2.25. The first-order valence-corrected chi connectivity index (χ1v) is 45.2. The minimum Gasteiger partial charge on any atom is -0.311 e. The lowest BCUT2D eigenvalue weighted by Crippen LogP contribution is -2.09. The number of para-hydroxylation sites is 10. The van der Waals surface area contributed by atoms with E-state index in [1.807, 2.05) is 73.2 Å². The maximum absolute atomic E-state index is 5.25. The van der Waals surface area contributed by atoms with Gasteiger partial charge in [0.15, 0.2) is 5.82 Å². The Labute approximate surface area is 775 Å². The Balaban J connectivity index is 0.000000114. The van der Waals surface area contributed by atoms with Crippen molar-refractivity contribution >= 4 is 138 Å². The van der Waals surface area contributed by atoms with Crippen molar-refractivity contribution < 1.29 is 0 Å². The zero-order valence-corrected chi connectivity index (χ0v) is 73.0. The van der Waals surface area contributed by atoms with Gasteiger partial charge in [-0.3, -0.25) is 13.7 Å². The summed E-state index contributed by atoms with van der Waals surface area (Å²) in [5.74, 6) is 3.17. The van der Waals surface area contributed by atoms with Crippen LogP contribution in [0.1, 0.15) is 0 Å². The molecule has 25 rings (SSSR count). The normalized spacial score (nSPS) is 11.3. The van der Waals surface area contributed by atoms with Crippen LogP contribution in [0.5, 0.6) is 0 Å². The van der Waals surface area contributed by atoms with Gasteiger partial charge in [-0.15, -0.1) is 0 Å². The van der Waals surface area contributed by atoms with Gasteiger partial charge < -0.3 is 14.7 Å². The summed E-state index contributed by atoms with van der Waals surface area (Å²) < 4.78 is 6.77. The monoisotopic (exact) mass is 1720 g/mol. The van der Waals surface area contributed by atoms with Gasteiger partial charge in [0.1, 0.15) is 11.6 Å². The second-order valence-corrected chi connectivity index (χ2v) is 33.2. The van der Waals surface area contributed by atoms with Gasteiger partial charge in [-0.1, -0.05) is 334 Å². The average molecular weight is 1720 g/mol. The molecular formula is C123H85N11. The van der Waals surface area contributed by atoms with Crippen LogP contribution in [-0.4, -0.2) is 38.6 Å². The molecule has 0 fully saturated rings. The van der Waals surface area contributed by atoms with Crippen LogP contribution in [0.2, 0.25) is 0 Å². The Morgan fingerprint density at radius 3 is 0.873 bits per heavy atom. The molecule has 0 N–H and O–H groups in total. The number of aromatic nitrogens is 8. The third-order valence-corrected chi connectivity index (χ3v) is 25.1. The minimum absolute atomic E-state index is 0.657. The summed E-state index contributed by atoms with van der Waals surface area (Å²) in [6.45, 7) is 0. The van der Waals surface area contributed by atoms with Crippen molar-refractivity contribution in [3.05, 3.63) is 516 Å². The van der Waals surface area contributed by atoms with Crippen molar-refractivity contribution in [2.24, 2.45) is 0 Å². The van der Waals surface area contributed by atoms with Crippen molar-refractivity contribution in [3.63, 3.8) is 0 Å². The summed E-state index contributed by atoms with van der Waals surface area (Å²) in [6.07, 6.45) is 5.79. The average Bonchev–Trinajstić information content (AvgIpc) is 1.58. The Bertz CT molecular complexity index is 8380. The lowest BCUT2D eigenvalue weighted by molar-refractivity contribution is 0.990. The number of anilines is 9. The molecule has 0 saturated heterocycles. The molecule has 0 amide bonds. The fraction of sp³-hybridized carbons (Fsp3) is 0. The first-order chi connectivity index (χ1) is 66.5. The molecule has 6 aromatic heterocycles. The molecule has 0 aliphatic rings. The van der Waals surface area contributed by atoms with E-state index in [2.05, 4.69) is 471 Å². The van der Waals surface area contributed by atoms with E-state index in [4.69, 9.17) is 24.9 Å². The van der Waals surface area contributed by atoms with Crippen molar-refractivity contribution in [1.29, 1.82) is 0 Å². The van der Waals surface area contributed by atoms with Gasteiger partial charge >= 0.3 is 0 Å². The highest BCUT2D eigenvalue weighted by atomic mass is 15.2. The van der Waals surface area contributed by atoms with Gasteiger partial charge in [0, 0.05) is 124 Å². The Hall–Kier alpha value is -18.2. The molecule has 0 unspecified atom stereocenters. The molecular weight excluding hydrogens is 1630 g/mol. The van der Waals surface area contributed by atoms with Gasteiger partial charge in [0.05, 0.1) is 38.6 Å². The maximum Gasteiger partial charge on any atom is 0.234 e. The summed E-state index contributed by atoms with van der Waals surface area (Å²) in [4.78, 5) is 31.7. The fourth-order valence-corrected chi connectivity index (χ4v) is 18.7. The topological polar surface area (TPSA) is 89.0 Å². The van der Waals surface area contributed by atoms with Gasteiger partial charge in [0.25, 0.3) is 0 Å². The Morgan fingerprint density at radius 1 is 0.172 bits per heavy atom. The molecule has 0 saturated carbocycles. The molecule has 0 radical (unpaired) electrons. The third-order valence-electron chi connectivity index (χ3n) is 25.1. The van der Waals surface area contributed by atoms with Crippen molar-refractivity contribution in [2.45, 2.75) is 0 Å². The Kier molecular flexibility index (Phi) is 21.5. The van der Waals surface area contributed by atoms with Crippen LogP contribution in [0.25, 0.3) is 161 Å². The zero-order chi connectivity index (χ0) is 89.0. The van der Waals surface area contributed by atoms with E-state index in [1.165, 1.54) is 48.8 Å². The van der Waals surface area contributed by atoms with Crippen LogP contribution in [0, 0.1) is 0 Å². The van der Waals surface area contributed by atoms with E-state index < -0.39 is 0 Å². The van der Waals surface area contributed by atoms with Crippen LogP contribution >= 0.6 is 0 Å². The first kappa shape index (κ1) is 80.4. The van der Waals surface area contributed by atoms with E-state index in [9.17, 15) is 0 Å². The van der Waals surface area contributed by atoms with Crippen molar-refractivity contribution in [2.75, 3.05) is 14.7 Å². The number of hydrogen-bond acceptors (Lipinski definition) is 8. The largest absolute Gasteiger partial charge is 0.311 e. The highest BCUT2D eigenvalue weighted by Crippen LogP contribution is 2.45. The molecule has 25 aromatic rings. The number of nitrogens with zero attached hydrogens (tertiary/aromatic N) is 11. The Morgan fingerprint density at radius 2 is 0.463 bits per heavy atom. The molecule has 0 bridgehead atoms. The summed E-state index contributed by atoms with van der Waals surface area (Å²) in [5.41, 5.74) is 27.7.